The van der Waals surface area contributed by atoms with Crippen LogP contribution >= 0.6 is 11.6 Å². The number of carbonyl (C=O) groups is 1. The number of amides is 1. The molecule has 2 aromatic rings. The zero-order chi connectivity index (χ0) is 24.3. The van der Waals surface area contributed by atoms with E-state index < -0.39 is 38.4 Å². The van der Waals surface area contributed by atoms with Crippen molar-refractivity contribution in [1.82, 2.24) is 5.32 Å². The molecule has 0 saturated heterocycles. The zero-order valence-corrected chi connectivity index (χ0v) is 20.6. The van der Waals surface area contributed by atoms with Gasteiger partial charge in [-0.1, -0.05) is 23.7 Å². The predicted octanol–water partition coefficient (Wildman–Crippen LogP) is 2.40. The maximum atomic E-state index is 12.7. The van der Waals surface area contributed by atoms with Crippen LogP contribution < -0.4 is 19.1 Å². The summed E-state index contributed by atoms with van der Waals surface area (Å²) < 4.78 is 59.4. The Kier molecular flexibility index (Phi) is 8.02. The number of rotatable bonds is 9. The van der Waals surface area contributed by atoms with Crippen molar-refractivity contribution in [1.29, 1.82) is 0 Å². The molecule has 0 aliphatic rings. The summed E-state index contributed by atoms with van der Waals surface area (Å²) in [5, 5.41) is 2.93. The summed E-state index contributed by atoms with van der Waals surface area (Å²) in [6.45, 7) is 1.18. The van der Waals surface area contributed by atoms with Crippen LogP contribution in [0.2, 0.25) is 5.02 Å². The van der Waals surface area contributed by atoms with Gasteiger partial charge in [0.2, 0.25) is 15.9 Å². The van der Waals surface area contributed by atoms with E-state index in [0.29, 0.717) is 5.56 Å². The highest BCUT2D eigenvalue weighted by Gasteiger charge is 2.26. The number of benzene rings is 2. The molecule has 1 N–H and O–H groups in total. The normalized spacial score (nSPS) is 12.7. The van der Waals surface area contributed by atoms with E-state index in [4.69, 9.17) is 21.1 Å². The molecule has 9 nitrogen and oxygen atoms in total. The third kappa shape index (κ3) is 6.27. The minimum absolute atomic E-state index is 0.0940. The molecule has 0 heterocycles. The van der Waals surface area contributed by atoms with E-state index in [0.717, 1.165) is 16.8 Å². The van der Waals surface area contributed by atoms with Crippen LogP contribution in [-0.2, 0) is 24.7 Å². The first-order chi connectivity index (χ1) is 14.8. The molecule has 0 aliphatic heterocycles. The number of anilines is 1. The molecule has 0 aromatic heterocycles. The Hall–Kier alpha value is -2.50. The Labute approximate surface area is 193 Å². The number of carbonyl (C=O) groups excluding carboxylic acids is 1. The van der Waals surface area contributed by atoms with Gasteiger partial charge in [0.25, 0.3) is 0 Å². The quantitative estimate of drug-likeness (QED) is 0.556. The monoisotopic (exact) mass is 504 g/mol. The fraction of sp³-hybridized carbons (Fsp3) is 0.350. The minimum Gasteiger partial charge on any atom is -0.495 e. The number of sulfone groups is 1. The maximum Gasteiger partial charge on any atom is 0.241 e. The van der Waals surface area contributed by atoms with Crippen LogP contribution in [0.25, 0.3) is 0 Å². The van der Waals surface area contributed by atoms with E-state index in [9.17, 15) is 21.6 Å². The molecule has 0 saturated carbocycles. The van der Waals surface area contributed by atoms with Crippen LogP contribution in [-0.4, -0.2) is 56.0 Å². The van der Waals surface area contributed by atoms with Gasteiger partial charge in [-0.2, -0.15) is 0 Å². The van der Waals surface area contributed by atoms with Crippen molar-refractivity contribution in [2.45, 2.75) is 17.9 Å². The number of nitrogens with zero attached hydrogens (tertiary/aromatic N) is 1. The maximum absolute atomic E-state index is 12.7. The molecule has 2 rings (SSSR count). The van der Waals surface area contributed by atoms with Crippen molar-refractivity contribution in [2.75, 3.05) is 37.6 Å². The summed E-state index contributed by atoms with van der Waals surface area (Å²) >= 11 is 6.09. The van der Waals surface area contributed by atoms with Crippen LogP contribution in [0.15, 0.2) is 41.3 Å². The molecule has 0 spiro atoms. The number of methoxy groups -OCH3 is 2. The fourth-order valence-corrected chi connectivity index (χ4v) is 4.64. The van der Waals surface area contributed by atoms with Crippen molar-refractivity contribution >= 4 is 43.1 Å². The first kappa shape index (κ1) is 25.8. The first-order valence-electron chi connectivity index (χ1n) is 9.26. The summed E-state index contributed by atoms with van der Waals surface area (Å²) in [4.78, 5) is 12.9. The average molecular weight is 505 g/mol. The molecule has 0 bridgehead atoms. The third-order valence-electron chi connectivity index (χ3n) is 4.60. The number of hydrogen-bond acceptors (Lipinski definition) is 7. The van der Waals surface area contributed by atoms with Crippen molar-refractivity contribution in [3.63, 3.8) is 0 Å². The number of sulfonamides is 1. The second kappa shape index (κ2) is 9.97. The lowest BCUT2D eigenvalue weighted by molar-refractivity contribution is -0.120. The molecule has 32 heavy (non-hydrogen) atoms. The van der Waals surface area contributed by atoms with Crippen LogP contribution in [0, 0.1) is 0 Å². The summed E-state index contributed by atoms with van der Waals surface area (Å²) in [7, 11) is -4.49. The Morgan fingerprint density at radius 2 is 1.59 bits per heavy atom. The molecule has 1 amide bonds. The van der Waals surface area contributed by atoms with Crippen LogP contribution in [0.1, 0.15) is 18.5 Å². The van der Waals surface area contributed by atoms with E-state index >= 15 is 0 Å². The lowest BCUT2D eigenvalue weighted by atomic mass is 10.1. The largest absolute Gasteiger partial charge is 0.495 e. The standard InChI is InChI=1S/C20H25ClN2O7S2/c1-13(14-6-8-15(9-7-14)31(4,25)26)22-20(24)12-23(32(5,27)28)17-11-18(29-2)16(21)10-19(17)30-3/h6-11,13H,12H2,1-5H3,(H,22,24)/t13-/m1/s1. The van der Waals surface area contributed by atoms with Gasteiger partial charge < -0.3 is 14.8 Å². The minimum atomic E-state index is -3.88. The van der Waals surface area contributed by atoms with Gasteiger partial charge in [0.05, 0.1) is 42.1 Å². The highest BCUT2D eigenvalue weighted by atomic mass is 35.5. The SMILES string of the molecule is COc1cc(N(CC(=O)N[C@H](C)c2ccc(S(C)(=O)=O)cc2)S(C)(=O)=O)c(OC)cc1Cl. The van der Waals surface area contributed by atoms with Gasteiger partial charge in [-0.15, -0.1) is 0 Å². The highest BCUT2D eigenvalue weighted by Crippen LogP contribution is 2.38. The van der Waals surface area contributed by atoms with Gasteiger partial charge >= 0.3 is 0 Å². The van der Waals surface area contributed by atoms with Gasteiger partial charge in [0, 0.05) is 18.4 Å². The van der Waals surface area contributed by atoms with Gasteiger partial charge in [0.15, 0.2) is 9.84 Å². The molecule has 2 aromatic carbocycles. The second-order valence-corrected chi connectivity index (χ2v) is 11.4. The number of ether oxygens (including phenoxy) is 2. The molecule has 12 heteroatoms. The van der Waals surface area contributed by atoms with Crippen molar-refractivity contribution < 1.29 is 31.1 Å². The predicted molar refractivity (Wildman–Crippen MR) is 123 cm³/mol. The number of hydrogen-bond donors (Lipinski definition) is 1. The lowest BCUT2D eigenvalue weighted by Crippen LogP contribution is -2.41. The first-order valence-corrected chi connectivity index (χ1v) is 13.4. The fourth-order valence-electron chi connectivity index (χ4n) is 2.92. The van der Waals surface area contributed by atoms with Gasteiger partial charge in [0.1, 0.15) is 18.0 Å². The van der Waals surface area contributed by atoms with Crippen molar-refractivity contribution in [2.24, 2.45) is 0 Å². The molecule has 176 valence electrons. The van der Waals surface area contributed by atoms with Crippen LogP contribution in [0.5, 0.6) is 11.5 Å². The Bertz CT molecular complexity index is 1200. The van der Waals surface area contributed by atoms with E-state index in [2.05, 4.69) is 5.32 Å². The molecule has 0 unspecified atom stereocenters. The van der Waals surface area contributed by atoms with E-state index in [1.54, 1.807) is 19.1 Å². The Morgan fingerprint density at radius 3 is 2.06 bits per heavy atom. The molecule has 0 fully saturated rings. The summed E-state index contributed by atoms with van der Waals surface area (Å²) in [5.41, 5.74) is 0.749. The van der Waals surface area contributed by atoms with Crippen LogP contribution in [0.4, 0.5) is 5.69 Å². The number of nitrogens with one attached hydrogen (secondary N) is 1. The topological polar surface area (TPSA) is 119 Å². The van der Waals surface area contributed by atoms with E-state index in [1.807, 2.05) is 0 Å². The smallest absolute Gasteiger partial charge is 0.241 e. The molecule has 0 aliphatic carbocycles. The van der Waals surface area contributed by atoms with Gasteiger partial charge in [-0.05, 0) is 24.6 Å². The summed E-state index contributed by atoms with van der Waals surface area (Å²) in [6, 6.07) is 8.34. The van der Waals surface area contributed by atoms with Crippen molar-refractivity contribution in [3.8, 4) is 11.5 Å². The molecule has 0 radical (unpaired) electrons. The molecule has 1 atom stereocenters. The summed E-state index contributed by atoms with van der Waals surface area (Å²) in [5.74, 6) is -0.208. The number of halogens is 1. The highest BCUT2D eigenvalue weighted by molar-refractivity contribution is 7.92. The molecular formula is C20H25ClN2O7S2. The molecular weight excluding hydrogens is 480 g/mol. The Balaban J connectivity index is 2.28. The third-order valence-corrected chi connectivity index (χ3v) is 7.15. The van der Waals surface area contributed by atoms with Gasteiger partial charge in [-0.3, -0.25) is 9.10 Å². The lowest BCUT2D eigenvalue weighted by Gasteiger charge is -2.25. The van der Waals surface area contributed by atoms with Gasteiger partial charge in [-0.25, -0.2) is 16.8 Å². The summed E-state index contributed by atoms with van der Waals surface area (Å²) in [6.07, 6.45) is 2.07. The zero-order valence-electron chi connectivity index (χ0n) is 18.2. The van der Waals surface area contributed by atoms with E-state index in [1.165, 1.54) is 38.5 Å². The van der Waals surface area contributed by atoms with Crippen LogP contribution in [0.3, 0.4) is 0 Å². The average Bonchev–Trinajstić information content (AvgIpc) is 2.70. The Morgan fingerprint density at radius 1 is 1.03 bits per heavy atom. The van der Waals surface area contributed by atoms with Crippen molar-refractivity contribution in [3.05, 3.63) is 47.0 Å². The second-order valence-electron chi connectivity index (χ2n) is 7.06. The van der Waals surface area contributed by atoms with E-state index in [-0.39, 0.29) is 27.1 Å².